The van der Waals surface area contributed by atoms with E-state index >= 15 is 0 Å². The SMILES string of the molecule is COc1ccc(NC(=O)c2cc(NC(=O)[C@@H]3CC=CC[C@@H]3C(=O)O)ccc2N2CCOCC2)cc1. The molecule has 1 heterocycles. The number of amides is 2. The van der Waals surface area contributed by atoms with Gasteiger partial charge in [0.25, 0.3) is 5.91 Å². The number of carbonyl (C=O) groups is 3. The standard InChI is InChI=1S/C26H29N3O6/c1-34-19-9-6-17(7-10-19)27-25(31)22-16-18(8-11-23(22)29-12-14-35-15-13-29)28-24(30)20-4-2-3-5-21(20)26(32)33/h2-3,6-11,16,20-21H,4-5,12-15H2,1H3,(H,27,31)(H,28,30)(H,32,33)/t20-,21+/m1/s1. The third-order valence-corrected chi connectivity index (χ3v) is 6.29. The quantitative estimate of drug-likeness (QED) is 0.521. The molecule has 0 radical (unpaired) electrons. The Hall–Kier alpha value is -3.85. The van der Waals surface area contributed by atoms with E-state index in [4.69, 9.17) is 9.47 Å². The van der Waals surface area contributed by atoms with Crippen molar-refractivity contribution >= 4 is 34.8 Å². The molecule has 184 valence electrons. The van der Waals surface area contributed by atoms with Crippen molar-refractivity contribution in [2.75, 3.05) is 48.9 Å². The van der Waals surface area contributed by atoms with Crippen LogP contribution in [0.5, 0.6) is 5.75 Å². The van der Waals surface area contributed by atoms with Gasteiger partial charge in [0.15, 0.2) is 0 Å². The van der Waals surface area contributed by atoms with E-state index in [9.17, 15) is 19.5 Å². The molecule has 0 spiro atoms. The van der Waals surface area contributed by atoms with Crippen molar-refractivity contribution in [1.29, 1.82) is 0 Å². The van der Waals surface area contributed by atoms with E-state index in [0.717, 1.165) is 5.69 Å². The first-order chi connectivity index (χ1) is 17.0. The second kappa shape index (κ2) is 11.1. The van der Waals surface area contributed by atoms with Crippen molar-refractivity contribution in [3.8, 4) is 5.75 Å². The lowest BCUT2D eigenvalue weighted by Gasteiger charge is -2.30. The van der Waals surface area contributed by atoms with E-state index in [0.29, 0.717) is 61.8 Å². The van der Waals surface area contributed by atoms with Gasteiger partial charge in [-0.1, -0.05) is 12.2 Å². The van der Waals surface area contributed by atoms with E-state index in [1.54, 1.807) is 55.7 Å². The first kappa shape index (κ1) is 24.3. The molecule has 2 aliphatic rings. The molecule has 2 aromatic carbocycles. The minimum atomic E-state index is -0.989. The highest BCUT2D eigenvalue weighted by molar-refractivity contribution is 6.09. The monoisotopic (exact) mass is 479 g/mol. The number of aliphatic carboxylic acids is 1. The summed E-state index contributed by atoms with van der Waals surface area (Å²) in [6.45, 7) is 2.40. The first-order valence-corrected chi connectivity index (χ1v) is 11.6. The minimum absolute atomic E-state index is 0.318. The molecule has 9 nitrogen and oxygen atoms in total. The number of nitrogens with one attached hydrogen (secondary N) is 2. The fraction of sp³-hybridized carbons (Fsp3) is 0.346. The van der Waals surface area contributed by atoms with Crippen molar-refractivity contribution in [1.82, 2.24) is 0 Å². The highest BCUT2D eigenvalue weighted by Gasteiger charge is 2.34. The van der Waals surface area contributed by atoms with Gasteiger partial charge >= 0.3 is 5.97 Å². The van der Waals surface area contributed by atoms with Crippen LogP contribution >= 0.6 is 0 Å². The van der Waals surface area contributed by atoms with Crippen LogP contribution in [0.2, 0.25) is 0 Å². The van der Waals surface area contributed by atoms with Crippen LogP contribution in [0.1, 0.15) is 23.2 Å². The summed E-state index contributed by atoms with van der Waals surface area (Å²) in [7, 11) is 1.57. The number of methoxy groups -OCH3 is 1. The Morgan fingerprint density at radius 3 is 2.26 bits per heavy atom. The topological polar surface area (TPSA) is 117 Å². The van der Waals surface area contributed by atoms with Gasteiger partial charge in [0, 0.05) is 30.2 Å². The molecule has 1 aliphatic carbocycles. The molecule has 2 amide bonds. The van der Waals surface area contributed by atoms with Crippen molar-refractivity contribution < 1.29 is 29.0 Å². The van der Waals surface area contributed by atoms with Crippen LogP contribution in [0.25, 0.3) is 0 Å². The number of benzene rings is 2. The Balaban J connectivity index is 1.58. The van der Waals surface area contributed by atoms with E-state index in [1.807, 2.05) is 6.08 Å². The Labute approximate surface area is 203 Å². The molecule has 0 saturated carbocycles. The van der Waals surface area contributed by atoms with Gasteiger partial charge in [-0.2, -0.15) is 0 Å². The molecule has 3 N–H and O–H groups in total. The van der Waals surface area contributed by atoms with Gasteiger partial charge in [0.1, 0.15) is 5.75 Å². The third kappa shape index (κ3) is 5.81. The lowest BCUT2D eigenvalue weighted by Crippen LogP contribution is -2.37. The average Bonchev–Trinajstić information content (AvgIpc) is 2.89. The number of allylic oxidation sites excluding steroid dienone is 2. The number of anilines is 3. The van der Waals surface area contributed by atoms with Gasteiger partial charge in [-0.15, -0.1) is 0 Å². The van der Waals surface area contributed by atoms with E-state index < -0.39 is 17.8 Å². The lowest BCUT2D eigenvalue weighted by atomic mass is 9.82. The lowest BCUT2D eigenvalue weighted by molar-refractivity contribution is -0.146. The third-order valence-electron chi connectivity index (χ3n) is 6.29. The molecule has 4 rings (SSSR count). The average molecular weight is 480 g/mol. The Kier molecular flexibility index (Phi) is 7.67. The summed E-state index contributed by atoms with van der Waals surface area (Å²) in [5.74, 6) is -2.45. The van der Waals surface area contributed by atoms with Crippen LogP contribution in [-0.4, -0.2) is 56.3 Å². The summed E-state index contributed by atoms with van der Waals surface area (Å²) >= 11 is 0. The molecule has 9 heteroatoms. The Morgan fingerprint density at radius 2 is 1.60 bits per heavy atom. The first-order valence-electron chi connectivity index (χ1n) is 11.6. The van der Waals surface area contributed by atoms with Gasteiger partial charge in [0.2, 0.25) is 5.91 Å². The number of ether oxygens (including phenoxy) is 2. The fourth-order valence-corrected chi connectivity index (χ4v) is 4.36. The Bertz CT molecular complexity index is 1110. The molecule has 0 aromatic heterocycles. The molecule has 0 unspecified atom stereocenters. The van der Waals surface area contributed by atoms with Gasteiger partial charge in [-0.3, -0.25) is 14.4 Å². The van der Waals surface area contributed by atoms with E-state index in [2.05, 4.69) is 15.5 Å². The van der Waals surface area contributed by atoms with Gasteiger partial charge in [-0.25, -0.2) is 0 Å². The number of carboxylic acid groups (broad SMARTS) is 1. The number of carbonyl (C=O) groups excluding carboxylic acids is 2. The Morgan fingerprint density at radius 1 is 0.943 bits per heavy atom. The van der Waals surface area contributed by atoms with Crippen LogP contribution in [0.3, 0.4) is 0 Å². The predicted molar refractivity (Wildman–Crippen MR) is 132 cm³/mol. The molecule has 2 aromatic rings. The maximum atomic E-state index is 13.3. The zero-order valence-corrected chi connectivity index (χ0v) is 19.5. The van der Waals surface area contributed by atoms with Crippen molar-refractivity contribution in [2.24, 2.45) is 11.8 Å². The molecular formula is C26H29N3O6. The zero-order valence-electron chi connectivity index (χ0n) is 19.5. The second-order valence-electron chi connectivity index (χ2n) is 8.50. The maximum absolute atomic E-state index is 13.3. The molecule has 1 aliphatic heterocycles. The van der Waals surface area contributed by atoms with Gasteiger partial charge in [0.05, 0.1) is 37.7 Å². The van der Waals surface area contributed by atoms with Crippen LogP contribution in [-0.2, 0) is 14.3 Å². The van der Waals surface area contributed by atoms with Gasteiger partial charge in [-0.05, 0) is 55.3 Å². The number of carboxylic acids is 1. The minimum Gasteiger partial charge on any atom is -0.497 e. The molecule has 1 saturated heterocycles. The van der Waals surface area contributed by atoms with Crippen LogP contribution < -0.4 is 20.3 Å². The number of hydrogen-bond donors (Lipinski definition) is 3. The normalized spacial score (nSPS) is 19.6. The summed E-state index contributed by atoms with van der Waals surface area (Å²) in [5, 5.41) is 15.2. The molecule has 0 bridgehead atoms. The van der Waals surface area contributed by atoms with E-state index in [1.165, 1.54) is 0 Å². The number of hydrogen-bond acceptors (Lipinski definition) is 6. The van der Waals surface area contributed by atoms with Crippen LogP contribution in [0.4, 0.5) is 17.1 Å². The number of morpholine rings is 1. The van der Waals surface area contributed by atoms with Crippen molar-refractivity contribution in [3.63, 3.8) is 0 Å². The maximum Gasteiger partial charge on any atom is 0.307 e. The summed E-state index contributed by atoms with van der Waals surface area (Å²) < 4.78 is 10.6. The highest BCUT2D eigenvalue weighted by Crippen LogP contribution is 2.30. The summed E-state index contributed by atoms with van der Waals surface area (Å²) in [6.07, 6.45) is 4.30. The van der Waals surface area contributed by atoms with Crippen molar-refractivity contribution in [3.05, 3.63) is 60.2 Å². The molecule has 1 fully saturated rings. The summed E-state index contributed by atoms with van der Waals surface area (Å²) in [6, 6.07) is 12.2. The summed E-state index contributed by atoms with van der Waals surface area (Å²) in [4.78, 5) is 39.9. The molecular weight excluding hydrogens is 450 g/mol. The highest BCUT2D eigenvalue weighted by atomic mass is 16.5. The second-order valence-corrected chi connectivity index (χ2v) is 8.50. The molecule has 35 heavy (non-hydrogen) atoms. The predicted octanol–water partition coefficient (Wildman–Crippen LogP) is 3.39. The zero-order chi connectivity index (χ0) is 24.8. The number of nitrogens with zero attached hydrogens (tertiary/aromatic N) is 1. The number of rotatable bonds is 7. The van der Waals surface area contributed by atoms with Gasteiger partial charge < -0.3 is 30.1 Å². The van der Waals surface area contributed by atoms with Crippen LogP contribution in [0.15, 0.2) is 54.6 Å². The smallest absolute Gasteiger partial charge is 0.307 e. The largest absolute Gasteiger partial charge is 0.497 e. The van der Waals surface area contributed by atoms with E-state index in [-0.39, 0.29) is 11.8 Å². The molecule has 2 atom stereocenters. The van der Waals surface area contributed by atoms with Crippen LogP contribution in [0, 0.1) is 11.8 Å². The fourth-order valence-electron chi connectivity index (χ4n) is 4.36. The summed E-state index contributed by atoms with van der Waals surface area (Å²) in [5.41, 5.74) is 2.18. The van der Waals surface area contributed by atoms with Crippen molar-refractivity contribution in [2.45, 2.75) is 12.8 Å².